The number of aromatic nitrogens is 1. The van der Waals surface area contributed by atoms with Crippen LogP contribution in [0.5, 0.6) is 0 Å². The third-order valence-electron chi connectivity index (χ3n) is 3.28. The summed E-state index contributed by atoms with van der Waals surface area (Å²) in [4.78, 5) is 28.2. The predicted octanol–water partition coefficient (Wildman–Crippen LogP) is 3.40. The number of hydrogen-bond acceptors (Lipinski definition) is 2. The van der Waals surface area contributed by atoms with Crippen LogP contribution >= 0.6 is 15.9 Å². The first-order valence-corrected chi connectivity index (χ1v) is 7.78. The highest BCUT2D eigenvalue weighted by Crippen LogP contribution is 2.16. The normalized spacial score (nSPS) is 10.3. The highest BCUT2D eigenvalue weighted by atomic mass is 79.9. The van der Waals surface area contributed by atoms with Gasteiger partial charge in [0.15, 0.2) is 0 Å². The fourth-order valence-corrected chi connectivity index (χ4v) is 2.45. The summed E-state index contributed by atoms with van der Waals surface area (Å²) in [5.74, 6) is -0.171. The molecular weight excluding hydrogens is 346 g/mol. The highest BCUT2D eigenvalue weighted by molar-refractivity contribution is 9.10. The van der Waals surface area contributed by atoms with E-state index >= 15 is 0 Å². The number of H-pyrrole nitrogens is 1. The van der Waals surface area contributed by atoms with Gasteiger partial charge in [-0.2, -0.15) is 0 Å². The number of carbonyl (C=O) groups excluding carboxylic acids is 2. The van der Waals surface area contributed by atoms with E-state index in [0.717, 1.165) is 10.0 Å². The predicted molar refractivity (Wildman–Crippen MR) is 89.7 cm³/mol. The van der Waals surface area contributed by atoms with Crippen LogP contribution in [0.2, 0.25) is 0 Å². The average Bonchev–Trinajstić information content (AvgIpc) is 2.91. The first-order chi connectivity index (χ1) is 10.5. The lowest BCUT2D eigenvalue weighted by Gasteiger charge is -2.19. The Morgan fingerprint density at radius 2 is 2.09 bits per heavy atom. The summed E-state index contributed by atoms with van der Waals surface area (Å²) in [5, 5.41) is 2.84. The van der Waals surface area contributed by atoms with E-state index in [-0.39, 0.29) is 11.8 Å². The van der Waals surface area contributed by atoms with Gasteiger partial charge in [-0.15, -0.1) is 0 Å². The van der Waals surface area contributed by atoms with E-state index in [2.05, 4.69) is 26.2 Å². The molecule has 0 aliphatic carbocycles. The first kappa shape index (κ1) is 16.3. The molecule has 0 saturated heterocycles. The van der Waals surface area contributed by atoms with Gasteiger partial charge in [0.2, 0.25) is 5.91 Å². The second kappa shape index (κ2) is 7.26. The standard InChI is InChI=1S/C16H18BrN3O2/c1-3-20(11(2)21)10-12-5-4-6-14(7-12)19-16(22)15-8-13(17)9-18-15/h4-9,18H,3,10H2,1-2H3,(H,19,22). The largest absolute Gasteiger partial charge is 0.356 e. The molecule has 0 atom stereocenters. The third kappa shape index (κ3) is 4.21. The zero-order valence-corrected chi connectivity index (χ0v) is 14.1. The quantitative estimate of drug-likeness (QED) is 0.854. The highest BCUT2D eigenvalue weighted by Gasteiger charge is 2.10. The molecule has 0 aliphatic rings. The van der Waals surface area contributed by atoms with Crippen LogP contribution < -0.4 is 5.32 Å². The Hall–Kier alpha value is -2.08. The van der Waals surface area contributed by atoms with Gasteiger partial charge in [0.25, 0.3) is 5.91 Å². The van der Waals surface area contributed by atoms with Crippen LogP contribution in [0.1, 0.15) is 29.9 Å². The molecule has 2 rings (SSSR count). The summed E-state index contributed by atoms with van der Waals surface area (Å²) >= 11 is 3.30. The number of rotatable bonds is 5. The van der Waals surface area contributed by atoms with Gasteiger partial charge in [-0.25, -0.2) is 0 Å². The van der Waals surface area contributed by atoms with Crippen LogP contribution in [0.4, 0.5) is 5.69 Å². The number of nitrogens with one attached hydrogen (secondary N) is 2. The topological polar surface area (TPSA) is 65.2 Å². The van der Waals surface area contributed by atoms with Crippen LogP contribution in [0.15, 0.2) is 41.0 Å². The zero-order valence-electron chi connectivity index (χ0n) is 12.5. The van der Waals surface area contributed by atoms with Gasteiger partial charge in [0, 0.05) is 36.4 Å². The Morgan fingerprint density at radius 3 is 2.68 bits per heavy atom. The molecule has 1 aromatic heterocycles. The number of hydrogen-bond donors (Lipinski definition) is 2. The van der Waals surface area contributed by atoms with Crippen molar-refractivity contribution in [3.63, 3.8) is 0 Å². The van der Waals surface area contributed by atoms with Crippen LogP contribution in [-0.4, -0.2) is 28.2 Å². The Labute approximate surface area is 137 Å². The van der Waals surface area contributed by atoms with Crippen molar-refractivity contribution in [2.45, 2.75) is 20.4 Å². The molecule has 2 amide bonds. The molecule has 0 radical (unpaired) electrons. The minimum Gasteiger partial charge on any atom is -0.356 e. The smallest absolute Gasteiger partial charge is 0.272 e. The van der Waals surface area contributed by atoms with Crippen LogP contribution in [-0.2, 0) is 11.3 Å². The van der Waals surface area contributed by atoms with Crippen molar-refractivity contribution in [1.82, 2.24) is 9.88 Å². The number of halogens is 1. The van der Waals surface area contributed by atoms with Crippen molar-refractivity contribution < 1.29 is 9.59 Å². The van der Waals surface area contributed by atoms with Crippen molar-refractivity contribution in [3.05, 3.63) is 52.3 Å². The van der Waals surface area contributed by atoms with Crippen molar-refractivity contribution in [2.24, 2.45) is 0 Å². The monoisotopic (exact) mass is 363 g/mol. The summed E-state index contributed by atoms with van der Waals surface area (Å²) < 4.78 is 0.825. The average molecular weight is 364 g/mol. The molecule has 2 aromatic rings. The van der Waals surface area contributed by atoms with Gasteiger partial charge in [-0.3, -0.25) is 9.59 Å². The van der Waals surface area contributed by atoms with Gasteiger partial charge in [0.1, 0.15) is 5.69 Å². The van der Waals surface area contributed by atoms with Crippen molar-refractivity contribution in [2.75, 3.05) is 11.9 Å². The van der Waals surface area contributed by atoms with Crippen molar-refractivity contribution in [3.8, 4) is 0 Å². The van der Waals surface area contributed by atoms with E-state index in [0.29, 0.717) is 24.5 Å². The van der Waals surface area contributed by atoms with E-state index in [1.807, 2.05) is 31.2 Å². The molecule has 2 N–H and O–H groups in total. The fraction of sp³-hybridized carbons (Fsp3) is 0.250. The fourth-order valence-electron chi connectivity index (χ4n) is 2.11. The Bertz CT molecular complexity index is 682. The maximum absolute atomic E-state index is 12.1. The first-order valence-electron chi connectivity index (χ1n) is 6.99. The molecule has 22 heavy (non-hydrogen) atoms. The summed E-state index contributed by atoms with van der Waals surface area (Å²) in [6.07, 6.45) is 1.71. The second-order valence-corrected chi connectivity index (χ2v) is 5.83. The van der Waals surface area contributed by atoms with Gasteiger partial charge < -0.3 is 15.2 Å². The molecule has 0 spiro atoms. The van der Waals surface area contributed by atoms with Gasteiger partial charge in [-0.05, 0) is 46.6 Å². The molecule has 0 saturated carbocycles. The SMILES string of the molecule is CCN(Cc1cccc(NC(=O)c2cc(Br)c[nH]2)c1)C(C)=O. The lowest BCUT2D eigenvalue weighted by atomic mass is 10.2. The molecule has 0 bridgehead atoms. The molecule has 1 heterocycles. The molecule has 116 valence electrons. The van der Waals surface area contributed by atoms with E-state index < -0.39 is 0 Å². The van der Waals surface area contributed by atoms with Crippen molar-refractivity contribution >= 4 is 33.4 Å². The molecule has 0 fully saturated rings. The molecule has 6 heteroatoms. The Balaban J connectivity index is 2.08. The lowest BCUT2D eigenvalue weighted by Crippen LogP contribution is -2.27. The number of amides is 2. The molecular formula is C16H18BrN3O2. The summed E-state index contributed by atoms with van der Waals surface area (Å²) in [6.45, 7) is 4.68. The summed E-state index contributed by atoms with van der Waals surface area (Å²) in [5.41, 5.74) is 2.16. The van der Waals surface area contributed by atoms with Crippen LogP contribution in [0.25, 0.3) is 0 Å². The molecule has 1 aromatic carbocycles. The summed E-state index contributed by atoms with van der Waals surface area (Å²) in [6, 6.07) is 9.22. The lowest BCUT2D eigenvalue weighted by molar-refractivity contribution is -0.129. The molecule has 5 nitrogen and oxygen atoms in total. The maximum atomic E-state index is 12.1. The van der Waals surface area contributed by atoms with E-state index in [1.165, 1.54) is 0 Å². The van der Waals surface area contributed by atoms with E-state index in [9.17, 15) is 9.59 Å². The van der Waals surface area contributed by atoms with E-state index in [1.54, 1.807) is 24.1 Å². The number of nitrogens with zero attached hydrogens (tertiary/aromatic N) is 1. The second-order valence-electron chi connectivity index (χ2n) is 4.92. The molecule has 0 unspecified atom stereocenters. The van der Waals surface area contributed by atoms with Gasteiger partial charge in [0.05, 0.1) is 0 Å². The Morgan fingerprint density at radius 1 is 1.32 bits per heavy atom. The Kier molecular flexibility index (Phi) is 5.38. The van der Waals surface area contributed by atoms with Crippen LogP contribution in [0, 0.1) is 0 Å². The van der Waals surface area contributed by atoms with Crippen molar-refractivity contribution in [1.29, 1.82) is 0 Å². The van der Waals surface area contributed by atoms with E-state index in [4.69, 9.17) is 0 Å². The summed E-state index contributed by atoms with van der Waals surface area (Å²) in [7, 11) is 0. The third-order valence-corrected chi connectivity index (χ3v) is 3.74. The van der Waals surface area contributed by atoms with Gasteiger partial charge in [-0.1, -0.05) is 12.1 Å². The molecule has 0 aliphatic heterocycles. The number of aromatic amines is 1. The maximum Gasteiger partial charge on any atom is 0.272 e. The number of anilines is 1. The minimum absolute atomic E-state index is 0.0353. The van der Waals surface area contributed by atoms with Crippen LogP contribution in [0.3, 0.4) is 0 Å². The van der Waals surface area contributed by atoms with Gasteiger partial charge >= 0.3 is 0 Å². The zero-order chi connectivity index (χ0) is 16.1. The number of carbonyl (C=O) groups is 2. The minimum atomic E-state index is -0.207. The number of benzene rings is 1.